The van der Waals surface area contributed by atoms with Gasteiger partial charge in [0.15, 0.2) is 0 Å². The summed E-state index contributed by atoms with van der Waals surface area (Å²) in [4.78, 5) is 0. The van der Waals surface area contributed by atoms with Gasteiger partial charge in [0, 0.05) is 0 Å². The van der Waals surface area contributed by atoms with E-state index in [1.807, 2.05) is 13.8 Å². The molecule has 0 saturated carbocycles. The van der Waals surface area contributed by atoms with E-state index in [0.29, 0.717) is 11.5 Å². The summed E-state index contributed by atoms with van der Waals surface area (Å²) in [5.41, 5.74) is 2.82. The van der Waals surface area contributed by atoms with E-state index in [0.717, 1.165) is 17.1 Å². The van der Waals surface area contributed by atoms with Crippen molar-refractivity contribution in [3.05, 3.63) is 71.0 Å². The summed E-state index contributed by atoms with van der Waals surface area (Å²) >= 11 is 0. The lowest BCUT2D eigenvalue weighted by molar-refractivity contribution is 0.405. The van der Waals surface area contributed by atoms with E-state index in [2.05, 4.69) is 50.2 Å². The minimum absolute atomic E-state index is 0.163. The predicted octanol–water partition coefficient (Wildman–Crippen LogP) is 7.24. The van der Waals surface area contributed by atoms with Gasteiger partial charge in [-0.15, -0.1) is 0 Å². The Morgan fingerprint density at radius 1 is 0.714 bits per heavy atom. The Bertz CT molecular complexity index is 929. The van der Waals surface area contributed by atoms with Gasteiger partial charge in [0.05, 0.1) is 14.2 Å². The van der Waals surface area contributed by atoms with Crippen LogP contribution in [0.25, 0.3) is 10.8 Å². The number of fused-ring (bicyclic) bond motifs is 1. The van der Waals surface area contributed by atoms with E-state index in [-0.39, 0.29) is 11.7 Å². The van der Waals surface area contributed by atoms with Crippen LogP contribution in [0.1, 0.15) is 56.2 Å². The van der Waals surface area contributed by atoms with Crippen LogP contribution in [-0.2, 0) is 0 Å². The topological polar surface area (TPSA) is 18.5 Å². The van der Waals surface area contributed by atoms with Crippen LogP contribution in [0.4, 0.5) is 4.39 Å². The number of rotatable bonds is 4. The SMILES string of the molecule is COc1cc(C)c(F)cc1C(C)C.COc1cc2ccccc2cc1C(C)C. The number of halogens is 1. The summed E-state index contributed by atoms with van der Waals surface area (Å²) in [5.74, 6) is 2.37. The molecule has 3 aromatic carbocycles. The van der Waals surface area contributed by atoms with Gasteiger partial charge in [-0.1, -0.05) is 52.0 Å². The van der Waals surface area contributed by atoms with Crippen molar-refractivity contribution in [2.45, 2.75) is 46.5 Å². The highest BCUT2D eigenvalue weighted by molar-refractivity contribution is 5.85. The summed E-state index contributed by atoms with van der Waals surface area (Å²) in [6.07, 6.45) is 0. The molecule has 0 bridgehead atoms. The van der Waals surface area contributed by atoms with Crippen molar-refractivity contribution in [2.24, 2.45) is 0 Å². The van der Waals surface area contributed by atoms with Gasteiger partial charge >= 0.3 is 0 Å². The first-order valence-corrected chi connectivity index (χ1v) is 9.69. The molecule has 2 nitrogen and oxygen atoms in total. The van der Waals surface area contributed by atoms with E-state index in [1.54, 1.807) is 33.3 Å². The Labute approximate surface area is 168 Å². The van der Waals surface area contributed by atoms with Crippen LogP contribution in [0.15, 0.2) is 48.5 Å². The van der Waals surface area contributed by atoms with Gasteiger partial charge in [0.2, 0.25) is 0 Å². The molecule has 0 heterocycles. The fraction of sp³-hybridized carbons (Fsp3) is 0.360. The Morgan fingerprint density at radius 2 is 1.18 bits per heavy atom. The Hall–Kier alpha value is -2.55. The second-order valence-electron chi connectivity index (χ2n) is 7.59. The van der Waals surface area contributed by atoms with Gasteiger partial charge in [-0.3, -0.25) is 0 Å². The zero-order chi connectivity index (χ0) is 20.8. The molecule has 0 radical (unpaired) electrons. The minimum atomic E-state index is -0.163. The number of hydrogen-bond acceptors (Lipinski definition) is 2. The molecular formula is C25H31FO2. The van der Waals surface area contributed by atoms with Gasteiger partial charge in [0.1, 0.15) is 17.3 Å². The lowest BCUT2D eigenvalue weighted by Gasteiger charge is -2.13. The maximum absolute atomic E-state index is 13.2. The third kappa shape index (κ3) is 5.03. The molecule has 0 saturated heterocycles. The molecule has 150 valence electrons. The molecule has 0 atom stereocenters. The molecule has 0 spiro atoms. The number of hydrogen-bond donors (Lipinski definition) is 0. The summed E-state index contributed by atoms with van der Waals surface area (Å²) in [6.45, 7) is 10.2. The van der Waals surface area contributed by atoms with Crippen LogP contribution < -0.4 is 9.47 Å². The standard InChI is InChI=1S/C14H16O.C11H15FO/c1-10(2)13-8-11-6-4-5-7-12(11)9-14(13)15-3;1-7(2)9-6-10(12)8(3)5-11(9)13-4/h4-10H,1-3H3;5-7H,1-4H3. The smallest absolute Gasteiger partial charge is 0.126 e. The van der Waals surface area contributed by atoms with Crippen molar-refractivity contribution < 1.29 is 13.9 Å². The van der Waals surface area contributed by atoms with Crippen molar-refractivity contribution in [1.29, 1.82) is 0 Å². The maximum Gasteiger partial charge on any atom is 0.126 e. The monoisotopic (exact) mass is 382 g/mol. The second kappa shape index (κ2) is 9.59. The van der Waals surface area contributed by atoms with Gasteiger partial charge < -0.3 is 9.47 Å². The maximum atomic E-state index is 13.2. The predicted molar refractivity (Wildman–Crippen MR) is 116 cm³/mol. The summed E-state index contributed by atoms with van der Waals surface area (Å²) in [7, 11) is 3.34. The number of ether oxygens (including phenoxy) is 2. The third-order valence-corrected chi connectivity index (χ3v) is 4.85. The molecule has 3 rings (SSSR count). The first-order valence-electron chi connectivity index (χ1n) is 9.69. The highest BCUT2D eigenvalue weighted by Crippen LogP contribution is 2.31. The van der Waals surface area contributed by atoms with Crippen LogP contribution in [0.3, 0.4) is 0 Å². The highest BCUT2D eigenvalue weighted by atomic mass is 19.1. The molecule has 0 N–H and O–H groups in total. The van der Waals surface area contributed by atoms with Crippen molar-refractivity contribution in [2.75, 3.05) is 14.2 Å². The Balaban J connectivity index is 0.000000203. The zero-order valence-electron chi connectivity index (χ0n) is 18.0. The minimum Gasteiger partial charge on any atom is -0.496 e. The lowest BCUT2D eigenvalue weighted by Crippen LogP contribution is -1.97. The molecule has 0 amide bonds. The molecule has 3 heteroatoms. The molecule has 0 aliphatic rings. The quantitative estimate of drug-likeness (QED) is 0.473. The molecular weight excluding hydrogens is 351 g/mol. The van der Waals surface area contributed by atoms with Crippen LogP contribution in [0.2, 0.25) is 0 Å². The van der Waals surface area contributed by atoms with Gasteiger partial charge in [-0.25, -0.2) is 4.39 Å². The number of benzene rings is 3. The molecule has 3 aromatic rings. The van der Waals surface area contributed by atoms with Crippen LogP contribution in [0, 0.1) is 12.7 Å². The molecule has 28 heavy (non-hydrogen) atoms. The van der Waals surface area contributed by atoms with Crippen LogP contribution in [0.5, 0.6) is 11.5 Å². The lowest BCUT2D eigenvalue weighted by atomic mass is 9.98. The summed E-state index contributed by atoms with van der Waals surface area (Å²) in [6, 6.07) is 16.0. The number of methoxy groups -OCH3 is 2. The largest absolute Gasteiger partial charge is 0.496 e. The average molecular weight is 383 g/mol. The van der Waals surface area contributed by atoms with Crippen LogP contribution in [-0.4, -0.2) is 14.2 Å². The Kier molecular flexibility index (Phi) is 7.45. The summed E-state index contributed by atoms with van der Waals surface area (Å²) in [5, 5.41) is 2.51. The van der Waals surface area contributed by atoms with E-state index < -0.39 is 0 Å². The first kappa shape index (κ1) is 21.7. The fourth-order valence-electron chi connectivity index (χ4n) is 3.16. The van der Waals surface area contributed by atoms with Crippen molar-refractivity contribution in [3.63, 3.8) is 0 Å². The van der Waals surface area contributed by atoms with Gasteiger partial charge in [0.25, 0.3) is 0 Å². The average Bonchev–Trinajstić information content (AvgIpc) is 2.68. The normalized spacial score (nSPS) is 10.8. The van der Waals surface area contributed by atoms with Crippen molar-refractivity contribution >= 4 is 10.8 Å². The van der Waals surface area contributed by atoms with Gasteiger partial charge in [-0.05, 0) is 70.5 Å². The molecule has 0 aliphatic carbocycles. The van der Waals surface area contributed by atoms with Gasteiger partial charge in [-0.2, -0.15) is 0 Å². The second-order valence-corrected chi connectivity index (χ2v) is 7.59. The van der Waals surface area contributed by atoms with E-state index in [9.17, 15) is 4.39 Å². The van der Waals surface area contributed by atoms with Crippen molar-refractivity contribution in [1.82, 2.24) is 0 Å². The fourth-order valence-corrected chi connectivity index (χ4v) is 3.16. The highest BCUT2D eigenvalue weighted by Gasteiger charge is 2.10. The van der Waals surface area contributed by atoms with Crippen LogP contribution >= 0.6 is 0 Å². The zero-order valence-corrected chi connectivity index (χ0v) is 18.0. The van der Waals surface area contributed by atoms with E-state index >= 15 is 0 Å². The van der Waals surface area contributed by atoms with Crippen molar-refractivity contribution in [3.8, 4) is 11.5 Å². The molecule has 0 aliphatic heterocycles. The number of aryl methyl sites for hydroxylation is 1. The molecule has 0 aromatic heterocycles. The van der Waals surface area contributed by atoms with E-state index in [1.165, 1.54) is 16.3 Å². The molecule has 0 unspecified atom stereocenters. The first-order chi connectivity index (χ1) is 13.3. The van der Waals surface area contributed by atoms with E-state index in [4.69, 9.17) is 9.47 Å². The summed E-state index contributed by atoms with van der Waals surface area (Å²) < 4.78 is 23.8. The third-order valence-electron chi connectivity index (χ3n) is 4.85. The molecule has 0 fully saturated rings. The Morgan fingerprint density at radius 3 is 1.68 bits per heavy atom.